The van der Waals surface area contributed by atoms with Gasteiger partial charge in [-0.05, 0) is 61.4 Å². The molecule has 0 unspecified atom stereocenters. The number of benzene rings is 2. The van der Waals surface area contributed by atoms with Crippen LogP contribution >= 0.6 is 79.8 Å². The summed E-state index contributed by atoms with van der Waals surface area (Å²) in [6.45, 7) is 0.519. The highest BCUT2D eigenvalue weighted by atomic mass is 79.9. The van der Waals surface area contributed by atoms with E-state index in [1.165, 1.54) is 9.80 Å². The van der Waals surface area contributed by atoms with Crippen LogP contribution in [-0.4, -0.2) is 55.2 Å². The van der Waals surface area contributed by atoms with Crippen molar-refractivity contribution in [1.29, 1.82) is 0 Å². The maximum Gasteiger partial charge on any atom is 0.267 e. The van der Waals surface area contributed by atoms with E-state index in [9.17, 15) is 19.2 Å². The van der Waals surface area contributed by atoms with E-state index >= 15 is 0 Å². The fourth-order valence-electron chi connectivity index (χ4n) is 3.76. The number of nitrogens with one attached hydrogen (secondary N) is 2. The fourth-order valence-corrected chi connectivity index (χ4v) is 7.06. The molecule has 0 aromatic heterocycles. The Balaban J connectivity index is 1.27. The number of amides is 4. The van der Waals surface area contributed by atoms with E-state index in [4.69, 9.17) is 24.4 Å². The summed E-state index contributed by atoms with van der Waals surface area (Å²) in [5, 5.41) is 5.64. The number of thioether (sulfide) groups is 2. The lowest BCUT2D eigenvalue weighted by Gasteiger charge is -2.14. The molecular formula is C26H22Br2N4O4S4. The van der Waals surface area contributed by atoms with E-state index in [-0.39, 0.29) is 59.4 Å². The Morgan fingerprint density at radius 1 is 0.675 bits per heavy atom. The Morgan fingerprint density at radius 3 is 1.38 bits per heavy atom. The Morgan fingerprint density at radius 2 is 1.02 bits per heavy atom. The molecule has 0 aliphatic carbocycles. The van der Waals surface area contributed by atoms with Crippen LogP contribution in [0.2, 0.25) is 0 Å². The van der Waals surface area contributed by atoms with Gasteiger partial charge in [0.2, 0.25) is 11.8 Å². The second-order valence-corrected chi connectivity index (χ2v) is 13.7. The number of halogens is 2. The van der Waals surface area contributed by atoms with Crippen molar-refractivity contribution in [2.45, 2.75) is 25.7 Å². The summed E-state index contributed by atoms with van der Waals surface area (Å²) < 4.78 is 2.50. The highest BCUT2D eigenvalue weighted by Crippen LogP contribution is 2.42. The van der Waals surface area contributed by atoms with Gasteiger partial charge in [-0.25, -0.2) is 0 Å². The minimum Gasteiger partial charge on any atom is -0.326 e. The molecule has 0 bridgehead atoms. The van der Waals surface area contributed by atoms with Gasteiger partial charge in [0.25, 0.3) is 11.8 Å². The number of anilines is 2. The molecule has 2 saturated heterocycles. The molecule has 2 aromatic carbocycles. The first kappa shape index (κ1) is 30.8. The molecule has 2 heterocycles. The Hall–Kier alpha value is -2.10. The number of rotatable bonds is 10. The summed E-state index contributed by atoms with van der Waals surface area (Å²) in [7, 11) is 0. The predicted octanol–water partition coefficient (Wildman–Crippen LogP) is 6.28. The first-order valence-electron chi connectivity index (χ1n) is 12.0. The molecule has 2 aliphatic rings. The standard InChI is InChI=1S/C26H22Br2N4O4S4/c27-15-5-9-17(10-6-15)29-19(33)3-1-13-31-23(35)21(39-25(31)37)22-24(36)32(26(38)40-22)14-2-4-20(34)30-18-11-7-16(28)8-12-18/h5-12H,1-4,13-14H2,(H,29,33)(H,30,34)/b22-21+. The van der Waals surface area contributed by atoms with Gasteiger partial charge in [0.15, 0.2) is 0 Å². The van der Waals surface area contributed by atoms with E-state index in [1.54, 1.807) is 24.3 Å². The summed E-state index contributed by atoms with van der Waals surface area (Å²) in [6, 6.07) is 14.5. The third-order valence-electron chi connectivity index (χ3n) is 5.73. The summed E-state index contributed by atoms with van der Waals surface area (Å²) >= 11 is 19.6. The number of hydrogen-bond donors (Lipinski definition) is 2. The van der Waals surface area contributed by atoms with Crippen molar-refractivity contribution < 1.29 is 19.2 Å². The summed E-state index contributed by atoms with van der Waals surface area (Å²) in [4.78, 5) is 54.2. The number of nitrogens with zero attached hydrogens (tertiary/aromatic N) is 2. The molecule has 40 heavy (non-hydrogen) atoms. The average molecular weight is 743 g/mol. The highest BCUT2D eigenvalue weighted by Gasteiger charge is 2.41. The third kappa shape index (κ3) is 8.01. The van der Waals surface area contributed by atoms with Crippen molar-refractivity contribution in [2.24, 2.45) is 0 Å². The Bertz CT molecular complexity index is 1290. The lowest BCUT2D eigenvalue weighted by molar-refractivity contribution is -0.124. The second kappa shape index (κ2) is 14.2. The zero-order valence-electron chi connectivity index (χ0n) is 20.8. The average Bonchev–Trinajstić information content (AvgIpc) is 3.35. The van der Waals surface area contributed by atoms with Crippen molar-refractivity contribution in [3.05, 3.63) is 67.3 Å². The zero-order chi connectivity index (χ0) is 28.8. The van der Waals surface area contributed by atoms with Crippen molar-refractivity contribution in [1.82, 2.24) is 9.80 Å². The lowest BCUT2D eigenvalue weighted by atomic mass is 10.2. The van der Waals surface area contributed by atoms with E-state index < -0.39 is 0 Å². The molecule has 4 amide bonds. The van der Waals surface area contributed by atoms with Crippen LogP contribution in [0.15, 0.2) is 67.3 Å². The van der Waals surface area contributed by atoms with Crippen LogP contribution in [0.25, 0.3) is 0 Å². The fraction of sp³-hybridized carbons (Fsp3) is 0.231. The molecule has 0 spiro atoms. The van der Waals surface area contributed by atoms with Gasteiger partial charge in [0.1, 0.15) is 8.64 Å². The highest BCUT2D eigenvalue weighted by molar-refractivity contribution is 9.10. The monoisotopic (exact) mass is 740 g/mol. The molecule has 0 saturated carbocycles. The van der Waals surface area contributed by atoms with Gasteiger partial charge in [0, 0.05) is 46.3 Å². The Labute approximate surface area is 267 Å². The zero-order valence-corrected chi connectivity index (χ0v) is 27.2. The maximum atomic E-state index is 13.1. The molecule has 0 radical (unpaired) electrons. The summed E-state index contributed by atoms with van der Waals surface area (Å²) in [5.41, 5.74) is 1.37. The SMILES string of the molecule is O=C(CCCN1C(=O)/C(=C2\SC(=S)N(CCCC(=O)Nc3ccc(Br)cc3)C2=O)SC1=S)Nc1ccc(Br)cc1. The molecule has 2 aliphatic heterocycles. The van der Waals surface area contributed by atoms with Crippen LogP contribution in [0.1, 0.15) is 25.7 Å². The van der Waals surface area contributed by atoms with Crippen LogP contribution in [0.5, 0.6) is 0 Å². The van der Waals surface area contributed by atoms with Gasteiger partial charge in [-0.2, -0.15) is 0 Å². The van der Waals surface area contributed by atoms with Gasteiger partial charge in [-0.15, -0.1) is 0 Å². The van der Waals surface area contributed by atoms with Crippen molar-refractivity contribution in [3.63, 3.8) is 0 Å². The van der Waals surface area contributed by atoms with Crippen molar-refractivity contribution in [2.75, 3.05) is 23.7 Å². The maximum absolute atomic E-state index is 13.1. The normalized spacial score (nSPS) is 17.1. The van der Waals surface area contributed by atoms with E-state index in [1.807, 2.05) is 24.3 Å². The molecule has 208 valence electrons. The van der Waals surface area contributed by atoms with Gasteiger partial charge in [-0.3, -0.25) is 29.0 Å². The topological polar surface area (TPSA) is 98.8 Å². The van der Waals surface area contributed by atoms with Crippen LogP contribution in [-0.2, 0) is 19.2 Å². The molecule has 2 fully saturated rings. The summed E-state index contributed by atoms with van der Waals surface area (Å²) in [5.74, 6) is -1.06. The lowest BCUT2D eigenvalue weighted by Crippen LogP contribution is -2.31. The largest absolute Gasteiger partial charge is 0.326 e. The third-order valence-corrected chi connectivity index (χ3v) is 9.81. The second-order valence-electron chi connectivity index (χ2n) is 8.63. The van der Waals surface area contributed by atoms with Crippen LogP contribution in [0.4, 0.5) is 11.4 Å². The predicted molar refractivity (Wildman–Crippen MR) is 175 cm³/mol. The van der Waals surface area contributed by atoms with Crippen LogP contribution in [0.3, 0.4) is 0 Å². The van der Waals surface area contributed by atoms with Crippen molar-refractivity contribution in [3.8, 4) is 0 Å². The number of carbonyl (C=O) groups is 4. The van der Waals surface area contributed by atoms with Crippen molar-refractivity contribution >= 4 is 123 Å². The van der Waals surface area contributed by atoms with Gasteiger partial charge in [-0.1, -0.05) is 79.8 Å². The van der Waals surface area contributed by atoms with Crippen LogP contribution in [0, 0.1) is 0 Å². The number of hydrogen-bond acceptors (Lipinski definition) is 8. The molecule has 14 heteroatoms. The molecule has 0 atom stereocenters. The van der Waals surface area contributed by atoms with Gasteiger partial charge < -0.3 is 10.6 Å². The Kier molecular flexibility index (Phi) is 10.9. The number of carbonyl (C=O) groups excluding carboxylic acids is 4. The van der Waals surface area contributed by atoms with E-state index in [0.717, 1.165) is 32.5 Å². The van der Waals surface area contributed by atoms with Crippen LogP contribution < -0.4 is 10.6 Å². The molecule has 4 rings (SSSR count). The molecule has 2 N–H and O–H groups in total. The quantitative estimate of drug-likeness (QED) is 0.217. The van der Waals surface area contributed by atoms with Gasteiger partial charge in [0.05, 0.1) is 9.81 Å². The first-order valence-corrected chi connectivity index (χ1v) is 16.1. The molecule has 2 aromatic rings. The summed E-state index contributed by atoms with van der Waals surface area (Å²) in [6.07, 6.45) is 1.23. The minimum atomic E-state index is -0.363. The smallest absolute Gasteiger partial charge is 0.267 e. The minimum absolute atomic E-state index is 0.167. The van der Waals surface area contributed by atoms with E-state index in [0.29, 0.717) is 32.9 Å². The molecular weight excluding hydrogens is 720 g/mol. The molecule has 8 nitrogen and oxygen atoms in total. The number of thiocarbonyl (C=S) groups is 2. The first-order chi connectivity index (χ1) is 19.1. The van der Waals surface area contributed by atoms with E-state index in [2.05, 4.69) is 42.5 Å². The van der Waals surface area contributed by atoms with Gasteiger partial charge >= 0.3 is 0 Å².